The summed E-state index contributed by atoms with van der Waals surface area (Å²) in [6.07, 6.45) is 3.78. The van der Waals surface area contributed by atoms with Gasteiger partial charge in [0.05, 0.1) is 32.1 Å². The van der Waals surface area contributed by atoms with Gasteiger partial charge < -0.3 is 18.9 Å². The smallest absolute Gasteiger partial charge is 0.257 e. The van der Waals surface area contributed by atoms with E-state index in [1.165, 1.54) is 0 Å². The van der Waals surface area contributed by atoms with E-state index in [1.54, 1.807) is 32.5 Å². The fourth-order valence-electron chi connectivity index (χ4n) is 3.84. The minimum Gasteiger partial charge on any atom is -0.494 e. The topological polar surface area (TPSA) is 90.6 Å². The Morgan fingerprint density at radius 3 is 3.16 bits per heavy atom. The lowest BCUT2D eigenvalue weighted by Crippen LogP contribution is -2.35. The Bertz CT molecular complexity index is 792. The van der Waals surface area contributed by atoms with Crippen molar-refractivity contribution >= 4 is 5.91 Å². The molecule has 2 aromatic rings. The average molecular weight is 344 g/mol. The van der Waals surface area contributed by atoms with Gasteiger partial charge >= 0.3 is 0 Å². The van der Waals surface area contributed by atoms with Crippen molar-refractivity contribution in [1.82, 2.24) is 20.0 Å². The van der Waals surface area contributed by atoms with E-state index in [9.17, 15) is 4.79 Å². The zero-order valence-electron chi connectivity index (χ0n) is 14.3. The summed E-state index contributed by atoms with van der Waals surface area (Å²) >= 11 is 0. The average Bonchev–Trinajstić information content (AvgIpc) is 3.28. The van der Waals surface area contributed by atoms with Crippen molar-refractivity contribution in [2.24, 2.45) is 11.3 Å². The normalized spacial score (nSPS) is 25.2. The Labute approximate surface area is 145 Å². The molecular formula is C17H20N4O4. The Morgan fingerprint density at radius 1 is 1.52 bits per heavy atom. The number of hydrogen-bond donors (Lipinski definition) is 0. The fourth-order valence-corrected chi connectivity index (χ4v) is 3.84. The van der Waals surface area contributed by atoms with Crippen LogP contribution in [0, 0.1) is 18.3 Å². The van der Waals surface area contributed by atoms with Gasteiger partial charge in [0.2, 0.25) is 5.89 Å². The molecule has 8 heteroatoms. The highest BCUT2D eigenvalue weighted by Crippen LogP contribution is 2.44. The molecule has 0 N–H and O–H groups in total. The minimum absolute atomic E-state index is 0.0465. The molecular weight excluding hydrogens is 324 g/mol. The van der Waals surface area contributed by atoms with E-state index in [4.69, 9.17) is 14.0 Å². The van der Waals surface area contributed by atoms with Crippen LogP contribution in [0.2, 0.25) is 0 Å². The van der Waals surface area contributed by atoms with Gasteiger partial charge in [-0.3, -0.25) is 9.78 Å². The van der Waals surface area contributed by atoms with Crippen LogP contribution in [-0.4, -0.2) is 59.3 Å². The van der Waals surface area contributed by atoms with Crippen LogP contribution in [0.1, 0.15) is 22.1 Å². The fraction of sp³-hybridized carbons (Fsp3) is 0.529. The van der Waals surface area contributed by atoms with E-state index in [0.29, 0.717) is 55.8 Å². The van der Waals surface area contributed by atoms with E-state index >= 15 is 0 Å². The van der Waals surface area contributed by atoms with Crippen LogP contribution in [0.15, 0.2) is 23.0 Å². The highest BCUT2D eigenvalue weighted by Gasteiger charge is 2.52. The summed E-state index contributed by atoms with van der Waals surface area (Å²) in [6, 6.07) is 1.69. The molecule has 0 spiro atoms. The van der Waals surface area contributed by atoms with Gasteiger partial charge in [-0.2, -0.15) is 4.98 Å². The molecule has 0 aromatic carbocycles. The first-order valence-corrected chi connectivity index (χ1v) is 8.25. The second-order valence-corrected chi connectivity index (χ2v) is 6.75. The maximum absolute atomic E-state index is 13.0. The Kier molecular flexibility index (Phi) is 3.91. The molecule has 2 aliphatic rings. The van der Waals surface area contributed by atoms with Crippen molar-refractivity contribution < 1.29 is 18.8 Å². The molecule has 4 rings (SSSR count). The van der Waals surface area contributed by atoms with E-state index in [1.807, 2.05) is 4.90 Å². The summed E-state index contributed by atoms with van der Waals surface area (Å²) in [5.74, 6) is 1.92. The summed E-state index contributed by atoms with van der Waals surface area (Å²) < 4.78 is 16.3. The SMILES string of the molecule is COc1cnccc1C(=O)N1C[C@@H]2COC[C@]2(Cc2nc(C)no2)C1. The van der Waals surface area contributed by atoms with E-state index in [2.05, 4.69) is 15.1 Å². The highest BCUT2D eigenvalue weighted by atomic mass is 16.5. The van der Waals surface area contributed by atoms with Crippen LogP contribution < -0.4 is 4.74 Å². The molecule has 1 amide bonds. The zero-order valence-corrected chi connectivity index (χ0v) is 14.3. The van der Waals surface area contributed by atoms with E-state index < -0.39 is 0 Å². The second kappa shape index (κ2) is 6.11. The number of hydrogen-bond acceptors (Lipinski definition) is 7. The van der Waals surface area contributed by atoms with Crippen molar-refractivity contribution in [2.75, 3.05) is 33.4 Å². The molecule has 0 radical (unpaired) electrons. The highest BCUT2D eigenvalue weighted by molar-refractivity contribution is 5.97. The summed E-state index contributed by atoms with van der Waals surface area (Å²) in [5, 5.41) is 3.86. The van der Waals surface area contributed by atoms with Crippen molar-refractivity contribution in [3.05, 3.63) is 35.7 Å². The predicted octanol–water partition coefficient (Wildman–Crippen LogP) is 1.11. The van der Waals surface area contributed by atoms with Crippen LogP contribution in [0.25, 0.3) is 0 Å². The monoisotopic (exact) mass is 344 g/mol. The first-order chi connectivity index (χ1) is 12.1. The molecule has 0 bridgehead atoms. The molecule has 2 aromatic heterocycles. The zero-order chi connectivity index (χ0) is 17.4. The summed E-state index contributed by atoms with van der Waals surface area (Å²) in [5.41, 5.74) is 0.358. The number of likely N-dealkylation sites (tertiary alicyclic amines) is 1. The van der Waals surface area contributed by atoms with Gasteiger partial charge in [0, 0.05) is 37.0 Å². The molecule has 2 fully saturated rings. The van der Waals surface area contributed by atoms with Gasteiger partial charge in [-0.15, -0.1) is 0 Å². The van der Waals surface area contributed by atoms with Gasteiger partial charge in [-0.1, -0.05) is 5.16 Å². The number of carbonyl (C=O) groups is 1. The number of fused-ring (bicyclic) bond motifs is 1. The molecule has 0 aliphatic carbocycles. The number of ether oxygens (including phenoxy) is 2. The van der Waals surface area contributed by atoms with Gasteiger partial charge in [0.25, 0.3) is 5.91 Å². The Hall–Kier alpha value is -2.48. The van der Waals surface area contributed by atoms with Crippen molar-refractivity contribution in [2.45, 2.75) is 13.3 Å². The third kappa shape index (κ3) is 2.76. The van der Waals surface area contributed by atoms with Crippen molar-refractivity contribution in [1.29, 1.82) is 0 Å². The van der Waals surface area contributed by atoms with E-state index in [-0.39, 0.29) is 17.2 Å². The maximum atomic E-state index is 13.0. The maximum Gasteiger partial charge on any atom is 0.257 e. The first kappa shape index (κ1) is 16.0. The third-order valence-electron chi connectivity index (χ3n) is 5.12. The largest absolute Gasteiger partial charge is 0.494 e. The number of amides is 1. The Morgan fingerprint density at radius 2 is 2.40 bits per heavy atom. The van der Waals surface area contributed by atoms with Crippen LogP contribution >= 0.6 is 0 Å². The number of methoxy groups -OCH3 is 1. The summed E-state index contributed by atoms with van der Waals surface area (Å²) in [6.45, 7) is 4.29. The number of rotatable bonds is 4. The molecule has 4 heterocycles. The molecule has 0 saturated carbocycles. The van der Waals surface area contributed by atoms with Gasteiger partial charge in [0.1, 0.15) is 5.75 Å². The van der Waals surface area contributed by atoms with Gasteiger partial charge in [-0.05, 0) is 13.0 Å². The van der Waals surface area contributed by atoms with Crippen LogP contribution in [0.5, 0.6) is 5.75 Å². The van der Waals surface area contributed by atoms with Crippen LogP contribution in [0.3, 0.4) is 0 Å². The first-order valence-electron chi connectivity index (χ1n) is 8.25. The predicted molar refractivity (Wildman–Crippen MR) is 86.2 cm³/mol. The van der Waals surface area contributed by atoms with Crippen LogP contribution in [-0.2, 0) is 11.2 Å². The lowest BCUT2D eigenvalue weighted by Gasteiger charge is -2.25. The lowest BCUT2D eigenvalue weighted by molar-refractivity contribution is 0.0710. The van der Waals surface area contributed by atoms with Gasteiger partial charge in [0.15, 0.2) is 5.82 Å². The summed E-state index contributed by atoms with van der Waals surface area (Å²) in [4.78, 5) is 23.2. The minimum atomic E-state index is -0.172. The number of nitrogens with zero attached hydrogens (tertiary/aromatic N) is 4. The molecule has 132 valence electrons. The number of aromatic nitrogens is 3. The number of pyridine rings is 1. The van der Waals surface area contributed by atoms with Crippen LogP contribution in [0.4, 0.5) is 0 Å². The van der Waals surface area contributed by atoms with E-state index in [0.717, 1.165) is 0 Å². The second-order valence-electron chi connectivity index (χ2n) is 6.75. The molecule has 2 aliphatic heterocycles. The molecule has 25 heavy (non-hydrogen) atoms. The number of aryl methyl sites for hydroxylation is 1. The molecule has 2 saturated heterocycles. The van der Waals surface area contributed by atoms with Gasteiger partial charge in [-0.25, -0.2) is 0 Å². The molecule has 2 atom stereocenters. The number of carbonyl (C=O) groups excluding carboxylic acids is 1. The summed E-state index contributed by atoms with van der Waals surface area (Å²) in [7, 11) is 1.54. The quantitative estimate of drug-likeness (QED) is 0.820. The Balaban J connectivity index is 1.57. The molecule has 8 nitrogen and oxygen atoms in total. The standard InChI is InChI=1S/C17H20N4O4/c1-11-19-15(25-20-11)5-17-9-21(7-12(17)8-24-10-17)16(22)13-3-4-18-6-14(13)23-2/h3-4,6,12H,5,7-10H2,1-2H3/t12-,17+/m1/s1. The van der Waals surface area contributed by atoms with Crippen molar-refractivity contribution in [3.8, 4) is 5.75 Å². The van der Waals surface area contributed by atoms with Crippen molar-refractivity contribution in [3.63, 3.8) is 0 Å². The molecule has 0 unspecified atom stereocenters. The lowest BCUT2D eigenvalue weighted by atomic mass is 9.78. The third-order valence-corrected chi connectivity index (χ3v) is 5.12.